The number of hydrogen-bond donors (Lipinski definition) is 2. The summed E-state index contributed by atoms with van der Waals surface area (Å²) in [6, 6.07) is 7.64. The maximum Gasteiger partial charge on any atom is 0.407 e. The van der Waals surface area contributed by atoms with Gasteiger partial charge in [-0.15, -0.1) is 0 Å². The first-order valence-electron chi connectivity index (χ1n) is 10.2. The van der Waals surface area contributed by atoms with Gasteiger partial charge in [0.2, 0.25) is 5.91 Å². The molecule has 2 N–H and O–H groups in total. The molecule has 7 heteroatoms. The molecule has 1 aromatic carbocycles. The molecule has 0 aliphatic carbocycles. The van der Waals surface area contributed by atoms with Crippen LogP contribution in [0.3, 0.4) is 0 Å². The van der Waals surface area contributed by atoms with E-state index in [1.165, 1.54) is 0 Å². The van der Waals surface area contributed by atoms with Crippen molar-refractivity contribution in [2.75, 3.05) is 26.2 Å². The van der Waals surface area contributed by atoms with Crippen LogP contribution in [0.1, 0.15) is 56.0 Å². The van der Waals surface area contributed by atoms with E-state index in [1.54, 1.807) is 20.8 Å². The van der Waals surface area contributed by atoms with Gasteiger partial charge >= 0.3 is 6.09 Å². The van der Waals surface area contributed by atoms with Crippen LogP contribution in [0.25, 0.3) is 0 Å². The fraction of sp³-hybridized carbons (Fsp3) is 0.591. The van der Waals surface area contributed by atoms with Gasteiger partial charge in [0, 0.05) is 38.2 Å². The van der Waals surface area contributed by atoms with Gasteiger partial charge < -0.3 is 20.3 Å². The molecule has 1 aromatic rings. The number of ether oxygens (including phenoxy) is 1. The van der Waals surface area contributed by atoms with Crippen LogP contribution in [0.4, 0.5) is 4.79 Å². The zero-order chi connectivity index (χ0) is 21.4. The van der Waals surface area contributed by atoms with E-state index in [0.717, 1.165) is 24.0 Å². The lowest BCUT2D eigenvalue weighted by atomic mass is 9.96. The van der Waals surface area contributed by atoms with Crippen molar-refractivity contribution in [2.45, 2.75) is 52.6 Å². The van der Waals surface area contributed by atoms with Crippen molar-refractivity contribution in [1.82, 2.24) is 15.5 Å². The molecule has 0 bridgehead atoms. The summed E-state index contributed by atoms with van der Waals surface area (Å²) < 4.78 is 5.13. The molecule has 2 rings (SSSR count). The Labute approximate surface area is 173 Å². The van der Waals surface area contributed by atoms with Gasteiger partial charge in [-0.2, -0.15) is 0 Å². The second-order valence-corrected chi connectivity index (χ2v) is 8.58. The summed E-state index contributed by atoms with van der Waals surface area (Å²) >= 11 is 0. The summed E-state index contributed by atoms with van der Waals surface area (Å²) in [5, 5.41) is 5.50. The topological polar surface area (TPSA) is 87.7 Å². The van der Waals surface area contributed by atoms with Crippen molar-refractivity contribution in [3.8, 4) is 0 Å². The average Bonchev–Trinajstić information content (AvgIpc) is 2.65. The summed E-state index contributed by atoms with van der Waals surface area (Å²) in [7, 11) is 0. The minimum atomic E-state index is -0.554. The van der Waals surface area contributed by atoms with Gasteiger partial charge in [-0.05, 0) is 58.6 Å². The molecule has 0 unspecified atom stereocenters. The largest absolute Gasteiger partial charge is 0.444 e. The Kier molecular flexibility index (Phi) is 8.05. The molecule has 3 amide bonds. The predicted molar refractivity (Wildman–Crippen MR) is 112 cm³/mol. The number of carbonyl (C=O) groups excluding carboxylic acids is 3. The highest BCUT2D eigenvalue weighted by molar-refractivity contribution is 5.94. The van der Waals surface area contributed by atoms with Crippen LogP contribution >= 0.6 is 0 Å². The Morgan fingerprint density at radius 2 is 1.69 bits per heavy atom. The average molecular weight is 404 g/mol. The minimum Gasteiger partial charge on any atom is -0.444 e. The lowest BCUT2D eigenvalue weighted by Gasteiger charge is -2.32. The van der Waals surface area contributed by atoms with Crippen molar-refractivity contribution in [1.29, 1.82) is 0 Å². The first kappa shape index (κ1) is 22.7. The van der Waals surface area contributed by atoms with Crippen LogP contribution in [-0.4, -0.2) is 54.6 Å². The second-order valence-electron chi connectivity index (χ2n) is 8.58. The lowest BCUT2D eigenvalue weighted by molar-refractivity contribution is -0.121. The number of rotatable bonds is 6. The van der Waals surface area contributed by atoms with Crippen LogP contribution in [0.15, 0.2) is 24.3 Å². The van der Waals surface area contributed by atoms with Crippen LogP contribution < -0.4 is 10.6 Å². The molecule has 0 atom stereocenters. The number of nitrogens with zero attached hydrogens (tertiary/aromatic N) is 1. The number of carbonyl (C=O) groups is 3. The molecule has 1 aliphatic heterocycles. The fourth-order valence-corrected chi connectivity index (χ4v) is 3.16. The van der Waals surface area contributed by atoms with Crippen molar-refractivity contribution in [3.63, 3.8) is 0 Å². The third-order valence-electron chi connectivity index (χ3n) is 4.81. The third-order valence-corrected chi connectivity index (χ3v) is 4.81. The van der Waals surface area contributed by atoms with Gasteiger partial charge in [0.1, 0.15) is 5.60 Å². The Morgan fingerprint density at radius 3 is 2.28 bits per heavy atom. The molecule has 0 spiro atoms. The Balaban J connectivity index is 1.63. The standard InChI is InChI=1S/C22H33N3O4/c1-16-5-7-18(8-6-16)20(27)25-13-10-17(11-14-25)15-24-19(26)9-12-23-21(28)29-22(2,3)4/h5-8,17H,9-15H2,1-4H3,(H,23,28)(H,24,26). The first-order chi connectivity index (χ1) is 13.6. The Bertz CT molecular complexity index is 702. The van der Waals surface area contributed by atoms with Gasteiger partial charge in [0.15, 0.2) is 0 Å². The number of piperidine rings is 1. The summed E-state index contributed by atoms with van der Waals surface area (Å²) in [4.78, 5) is 38.0. The zero-order valence-corrected chi connectivity index (χ0v) is 17.9. The SMILES string of the molecule is Cc1ccc(C(=O)N2CCC(CNC(=O)CCNC(=O)OC(C)(C)C)CC2)cc1. The van der Waals surface area contributed by atoms with E-state index in [-0.39, 0.29) is 24.8 Å². The van der Waals surface area contributed by atoms with Gasteiger partial charge in [-0.1, -0.05) is 17.7 Å². The molecular weight excluding hydrogens is 370 g/mol. The summed E-state index contributed by atoms with van der Waals surface area (Å²) in [5.41, 5.74) is 1.30. The van der Waals surface area contributed by atoms with E-state index >= 15 is 0 Å². The monoisotopic (exact) mass is 403 g/mol. The van der Waals surface area contributed by atoms with E-state index < -0.39 is 11.7 Å². The van der Waals surface area contributed by atoms with E-state index in [9.17, 15) is 14.4 Å². The second kappa shape index (κ2) is 10.3. The van der Waals surface area contributed by atoms with Crippen LogP contribution in [0.2, 0.25) is 0 Å². The van der Waals surface area contributed by atoms with Crippen LogP contribution in [0.5, 0.6) is 0 Å². The normalized spacial score (nSPS) is 15.0. The zero-order valence-electron chi connectivity index (χ0n) is 17.9. The van der Waals surface area contributed by atoms with Gasteiger partial charge in [0.25, 0.3) is 5.91 Å². The van der Waals surface area contributed by atoms with Crippen LogP contribution in [-0.2, 0) is 9.53 Å². The van der Waals surface area contributed by atoms with Crippen molar-refractivity contribution in [3.05, 3.63) is 35.4 Å². The number of nitrogens with one attached hydrogen (secondary N) is 2. The molecule has 7 nitrogen and oxygen atoms in total. The predicted octanol–water partition coefficient (Wildman–Crippen LogP) is 2.88. The maximum absolute atomic E-state index is 12.6. The molecule has 1 saturated heterocycles. The van der Waals surface area contributed by atoms with E-state index in [1.807, 2.05) is 36.1 Å². The fourth-order valence-electron chi connectivity index (χ4n) is 3.16. The van der Waals surface area contributed by atoms with Crippen LogP contribution in [0, 0.1) is 12.8 Å². The number of amides is 3. The third kappa shape index (κ3) is 8.13. The van der Waals surface area contributed by atoms with Gasteiger partial charge in [-0.3, -0.25) is 9.59 Å². The van der Waals surface area contributed by atoms with Crippen molar-refractivity contribution < 1.29 is 19.1 Å². The molecule has 0 aromatic heterocycles. The van der Waals surface area contributed by atoms with E-state index in [0.29, 0.717) is 25.6 Å². The smallest absolute Gasteiger partial charge is 0.407 e. The number of alkyl carbamates (subject to hydrolysis) is 1. The molecule has 1 aliphatic rings. The summed E-state index contributed by atoms with van der Waals surface area (Å²) in [6.45, 7) is 9.61. The molecule has 29 heavy (non-hydrogen) atoms. The Hall–Kier alpha value is -2.57. The van der Waals surface area contributed by atoms with E-state index in [2.05, 4.69) is 10.6 Å². The van der Waals surface area contributed by atoms with Gasteiger partial charge in [-0.25, -0.2) is 4.79 Å². The first-order valence-corrected chi connectivity index (χ1v) is 10.2. The number of likely N-dealkylation sites (tertiary alicyclic amines) is 1. The van der Waals surface area contributed by atoms with Crippen molar-refractivity contribution in [2.24, 2.45) is 5.92 Å². The van der Waals surface area contributed by atoms with Crippen molar-refractivity contribution >= 4 is 17.9 Å². The highest BCUT2D eigenvalue weighted by Crippen LogP contribution is 2.19. The number of hydrogen-bond acceptors (Lipinski definition) is 4. The molecule has 160 valence electrons. The quantitative estimate of drug-likeness (QED) is 0.765. The molecule has 0 radical (unpaired) electrons. The molecule has 1 heterocycles. The molecular formula is C22H33N3O4. The van der Waals surface area contributed by atoms with Gasteiger partial charge in [0.05, 0.1) is 0 Å². The highest BCUT2D eigenvalue weighted by Gasteiger charge is 2.24. The number of aryl methyl sites for hydroxylation is 1. The maximum atomic E-state index is 12.6. The lowest BCUT2D eigenvalue weighted by Crippen LogP contribution is -2.42. The minimum absolute atomic E-state index is 0.0701. The van der Waals surface area contributed by atoms with E-state index in [4.69, 9.17) is 4.74 Å². The number of benzene rings is 1. The summed E-state index contributed by atoms with van der Waals surface area (Å²) in [6.07, 6.45) is 1.43. The molecule has 1 fully saturated rings. The Morgan fingerprint density at radius 1 is 1.07 bits per heavy atom. The molecule has 0 saturated carbocycles. The highest BCUT2D eigenvalue weighted by atomic mass is 16.6. The summed E-state index contributed by atoms with van der Waals surface area (Å²) in [5.74, 6) is 0.333.